The van der Waals surface area contributed by atoms with Gasteiger partial charge in [-0.25, -0.2) is 0 Å². The fourth-order valence-corrected chi connectivity index (χ4v) is 3.33. The number of rotatable bonds is 3. The fraction of sp³-hybridized carbons (Fsp3) is 0.562. The van der Waals surface area contributed by atoms with Gasteiger partial charge in [-0.05, 0) is 49.9 Å². The van der Waals surface area contributed by atoms with Gasteiger partial charge in [0.05, 0.1) is 0 Å². The fourth-order valence-electron chi connectivity index (χ4n) is 3.33. The van der Waals surface area contributed by atoms with Crippen molar-refractivity contribution in [2.75, 3.05) is 20.2 Å². The monoisotopic (exact) mass is 310 g/mol. The SMILES string of the molecule is COC1(C(=O)NC2Cc3ccccc3C2)CCNCC1.Cl. The van der Waals surface area contributed by atoms with Gasteiger partial charge in [-0.15, -0.1) is 12.4 Å². The molecule has 5 heteroatoms. The van der Waals surface area contributed by atoms with Crippen LogP contribution in [0.3, 0.4) is 0 Å². The first-order valence-corrected chi connectivity index (χ1v) is 7.37. The van der Waals surface area contributed by atoms with Gasteiger partial charge < -0.3 is 15.4 Å². The number of methoxy groups -OCH3 is 1. The molecule has 1 amide bonds. The molecule has 0 atom stereocenters. The first-order valence-electron chi connectivity index (χ1n) is 7.37. The molecule has 21 heavy (non-hydrogen) atoms. The molecule has 4 nitrogen and oxygen atoms in total. The predicted molar refractivity (Wildman–Crippen MR) is 84.9 cm³/mol. The molecule has 1 saturated heterocycles. The van der Waals surface area contributed by atoms with E-state index in [-0.39, 0.29) is 24.4 Å². The van der Waals surface area contributed by atoms with Gasteiger partial charge in [0, 0.05) is 13.2 Å². The number of amides is 1. The number of carbonyl (C=O) groups excluding carboxylic acids is 1. The number of hydrogen-bond donors (Lipinski definition) is 2. The van der Waals surface area contributed by atoms with E-state index in [2.05, 4.69) is 34.9 Å². The van der Waals surface area contributed by atoms with Gasteiger partial charge in [-0.2, -0.15) is 0 Å². The van der Waals surface area contributed by atoms with Crippen LogP contribution in [0.4, 0.5) is 0 Å². The molecular weight excluding hydrogens is 288 g/mol. The maximum atomic E-state index is 12.6. The largest absolute Gasteiger partial charge is 0.368 e. The highest BCUT2D eigenvalue weighted by Gasteiger charge is 2.40. The smallest absolute Gasteiger partial charge is 0.252 e. The lowest BCUT2D eigenvalue weighted by Crippen LogP contribution is -2.56. The average molecular weight is 311 g/mol. The van der Waals surface area contributed by atoms with Gasteiger partial charge in [-0.1, -0.05) is 24.3 Å². The molecule has 116 valence electrons. The number of fused-ring (bicyclic) bond motifs is 1. The Hall–Kier alpha value is -1.10. The minimum Gasteiger partial charge on any atom is -0.368 e. The minimum atomic E-state index is -0.639. The second-order valence-electron chi connectivity index (χ2n) is 5.80. The van der Waals surface area contributed by atoms with Gasteiger partial charge >= 0.3 is 0 Å². The van der Waals surface area contributed by atoms with Gasteiger partial charge in [0.1, 0.15) is 5.60 Å². The molecule has 0 saturated carbocycles. The van der Waals surface area contributed by atoms with Crippen molar-refractivity contribution in [2.45, 2.75) is 37.3 Å². The van der Waals surface area contributed by atoms with E-state index in [1.165, 1.54) is 11.1 Å². The molecule has 3 rings (SSSR count). The van der Waals surface area contributed by atoms with Crippen LogP contribution in [0.2, 0.25) is 0 Å². The van der Waals surface area contributed by atoms with Gasteiger partial charge in [-0.3, -0.25) is 4.79 Å². The Balaban J connectivity index is 0.00000161. The molecule has 1 aromatic carbocycles. The van der Waals surface area contributed by atoms with Gasteiger partial charge in [0.15, 0.2) is 0 Å². The summed E-state index contributed by atoms with van der Waals surface area (Å²) in [6.07, 6.45) is 3.35. The van der Waals surface area contributed by atoms with E-state index in [1.54, 1.807) is 7.11 Å². The van der Waals surface area contributed by atoms with E-state index in [9.17, 15) is 4.79 Å². The van der Waals surface area contributed by atoms with Crippen molar-refractivity contribution >= 4 is 18.3 Å². The van der Waals surface area contributed by atoms with Crippen molar-refractivity contribution in [2.24, 2.45) is 0 Å². The summed E-state index contributed by atoms with van der Waals surface area (Å²) in [6, 6.07) is 8.64. The molecule has 0 radical (unpaired) electrons. The molecule has 1 aliphatic heterocycles. The summed E-state index contributed by atoms with van der Waals surface area (Å²) < 4.78 is 5.58. The van der Waals surface area contributed by atoms with Crippen LogP contribution in [-0.4, -0.2) is 37.7 Å². The molecule has 1 fully saturated rings. The third kappa shape index (κ3) is 3.23. The third-order valence-electron chi connectivity index (χ3n) is 4.60. The number of halogens is 1. The summed E-state index contributed by atoms with van der Waals surface area (Å²) in [5, 5.41) is 6.47. The number of piperidine rings is 1. The molecule has 0 unspecified atom stereocenters. The summed E-state index contributed by atoms with van der Waals surface area (Å²) in [5.74, 6) is 0.0549. The minimum absolute atomic E-state index is 0. The summed E-state index contributed by atoms with van der Waals surface area (Å²) >= 11 is 0. The van der Waals surface area contributed by atoms with Crippen LogP contribution in [-0.2, 0) is 22.4 Å². The van der Waals surface area contributed by atoms with E-state index < -0.39 is 5.60 Å². The molecule has 1 heterocycles. The molecule has 0 aromatic heterocycles. The second kappa shape index (κ2) is 6.77. The van der Waals surface area contributed by atoms with Crippen molar-refractivity contribution in [3.63, 3.8) is 0 Å². The maximum absolute atomic E-state index is 12.6. The van der Waals surface area contributed by atoms with Crippen molar-refractivity contribution < 1.29 is 9.53 Å². The Morgan fingerprint density at radius 2 is 1.81 bits per heavy atom. The number of ether oxygens (including phenoxy) is 1. The quantitative estimate of drug-likeness (QED) is 0.889. The third-order valence-corrected chi connectivity index (χ3v) is 4.60. The van der Waals surface area contributed by atoms with Crippen molar-refractivity contribution in [1.82, 2.24) is 10.6 Å². The lowest BCUT2D eigenvalue weighted by Gasteiger charge is -2.35. The Labute approximate surface area is 132 Å². The zero-order valence-electron chi connectivity index (χ0n) is 12.4. The van der Waals surface area contributed by atoms with Crippen LogP contribution in [0.5, 0.6) is 0 Å². The van der Waals surface area contributed by atoms with E-state index >= 15 is 0 Å². The Morgan fingerprint density at radius 1 is 1.24 bits per heavy atom. The molecule has 2 N–H and O–H groups in total. The van der Waals surface area contributed by atoms with E-state index in [0.717, 1.165) is 38.8 Å². The molecule has 2 aliphatic rings. The number of benzene rings is 1. The van der Waals surface area contributed by atoms with Crippen molar-refractivity contribution in [3.8, 4) is 0 Å². The molecular formula is C16H23ClN2O2. The van der Waals surface area contributed by atoms with E-state index in [1.807, 2.05) is 0 Å². The van der Waals surface area contributed by atoms with Crippen LogP contribution in [0.15, 0.2) is 24.3 Å². The number of nitrogens with one attached hydrogen (secondary N) is 2. The first-order chi connectivity index (χ1) is 9.73. The summed E-state index contributed by atoms with van der Waals surface area (Å²) in [6.45, 7) is 1.68. The standard InChI is InChI=1S/C16H22N2O2.ClH/c1-20-16(6-8-17-9-7-16)15(19)18-14-10-12-4-2-3-5-13(12)11-14;/h2-5,14,17H,6-11H2,1H3,(H,18,19);1H. The normalized spacial score (nSPS) is 20.4. The summed E-state index contributed by atoms with van der Waals surface area (Å²) in [7, 11) is 1.65. The van der Waals surface area contributed by atoms with E-state index in [4.69, 9.17) is 4.74 Å². The second-order valence-corrected chi connectivity index (χ2v) is 5.80. The Kier molecular flexibility index (Phi) is 5.25. The van der Waals surface area contributed by atoms with Crippen molar-refractivity contribution in [1.29, 1.82) is 0 Å². The molecule has 1 aromatic rings. The highest BCUT2D eigenvalue weighted by atomic mass is 35.5. The number of carbonyl (C=O) groups is 1. The average Bonchev–Trinajstić information content (AvgIpc) is 2.90. The van der Waals surface area contributed by atoms with Crippen LogP contribution in [0.25, 0.3) is 0 Å². The molecule has 0 spiro atoms. The predicted octanol–water partition coefficient (Wildman–Crippen LogP) is 1.46. The molecule has 1 aliphatic carbocycles. The zero-order valence-corrected chi connectivity index (χ0v) is 13.2. The topological polar surface area (TPSA) is 50.4 Å². The van der Waals surface area contributed by atoms with Crippen LogP contribution in [0, 0.1) is 0 Å². The van der Waals surface area contributed by atoms with Crippen LogP contribution < -0.4 is 10.6 Å². The summed E-state index contributed by atoms with van der Waals surface area (Å²) in [5.41, 5.74) is 2.07. The highest BCUT2D eigenvalue weighted by molar-refractivity contribution is 5.86. The summed E-state index contributed by atoms with van der Waals surface area (Å²) in [4.78, 5) is 12.6. The van der Waals surface area contributed by atoms with Crippen LogP contribution >= 0.6 is 12.4 Å². The lowest BCUT2D eigenvalue weighted by molar-refractivity contribution is -0.147. The first kappa shape index (κ1) is 16.3. The zero-order chi connectivity index (χ0) is 14.0. The van der Waals surface area contributed by atoms with Crippen molar-refractivity contribution in [3.05, 3.63) is 35.4 Å². The Morgan fingerprint density at radius 3 is 2.33 bits per heavy atom. The lowest BCUT2D eigenvalue weighted by atomic mass is 9.90. The number of hydrogen-bond acceptors (Lipinski definition) is 3. The maximum Gasteiger partial charge on any atom is 0.252 e. The molecule has 0 bridgehead atoms. The van der Waals surface area contributed by atoms with Crippen LogP contribution in [0.1, 0.15) is 24.0 Å². The Bertz CT molecular complexity index is 476. The highest BCUT2D eigenvalue weighted by Crippen LogP contribution is 2.25. The van der Waals surface area contributed by atoms with Gasteiger partial charge in [0.25, 0.3) is 5.91 Å². The van der Waals surface area contributed by atoms with E-state index in [0.29, 0.717) is 0 Å². The van der Waals surface area contributed by atoms with Gasteiger partial charge in [0.2, 0.25) is 0 Å².